The molecule has 1 saturated heterocycles. The van der Waals surface area contributed by atoms with Crippen LogP contribution < -0.4 is 14.4 Å². The van der Waals surface area contributed by atoms with E-state index in [0.29, 0.717) is 23.5 Å². The number of rotatable bonds is 9. The summed E-state index contributed by atoms with van der Waals surface area (Å²) in [6.45, 7) is 5.70. The Balaban J connectivity index is 1.69. The number of carbonyl (C=O) groups is 1. The predicted molar refractivity (Wildman–Crippen MR) is 122 cm³/mol. The summed E-state index contributed by atoms with van der Waals surface area (Å²) in [4.78, 5) is 15.2. The fraction of sp³-hybridized carbons (Fsp3) is 0.435. The lowest BCUT2D eigenvalue weighted by molar-refractivity contribution is 0.0952. The first-order chi connectivity index (χ1) is 14.8. The van der Waals surface area contributed by atoms with E-state index in [0.717, 1.165) is 31.6 Å². The number of nitrogens with one attached hydrogen (secondary N) is 1. The fourth-order valence-electron chi connectivity index (χ4n) is 3.74. The average molecular weight is 446 g/mol. The summed E-state index contributed by atoms with van der Waals surface area (Å²) in [6, 6.07) is 11.4. The molecule has 1 fully saturated rings. The Kier molecular flexibility index (Phi) is 7.56. The van der Waals surface area contributed by atoms with E-state index >= 15 is 0 Å². The third kappa shape index (κ3) is 5.57. The van der Waals surface area contributed by atoms with Crippen molar-refractivity contribution in [3.63, 3.8) is 0 Å². The minimum Gasteiger partial charge on any atom is -0.497 e. The average Bonchev–Trinajstić information content (AvgIpc) is 3.30. The van der Waals surface area contributed by atoms with Crippen LogP contribution in [0, 0.1) is 6.92 Å². The lowest BCUT2D eigenvalue weighted by Gasteiger charge is -2.22. The highest BCUT2D eigenvalue weighted by Gasteiger charge is 2.23. The van der Waals surface area contributed by atoms with Crippen LogP contribution in [0.25, 0.3) is 0 Å². The van der Waals surface area contributed by atoms with Gasteiger partial charge in [-0.1, -0.05) is 6.07 Å². The molecule has 168 valence electrons. The number of sulfonamides is 1. The Morgan fingerprint density at radius 2 is 1.81 bits per heavy atom. The van der Waals surface area contributed by atoms with Crippen molar-refractivity contribution < 1.29 is 17.9 Å². The Morgan fingerprint density at radius 1 is 1.13 bits per heavy atom. The van der Waals surface area contributed by atoms with Gasteiger partial charge in [-0.25, -0.2) is 8.42 Å². The van der Waals surface area contributed by atoms with E-state index in [1.54, 1.807) is 30.3 Å². The summed E-state index contributed by atoms with van der Waals surface area (Å²) in [5.41, 5.74) is 1.68. The summed E-state index contributed by atoms with van der Waals surface area (Å²) >= 11 is 0. The van der Waals surface area contributed by atoms with Crippen LogP contribution in [0.5, 0.6) is 5.75 Å². The van der Waals surface area contributed by atoms with Crippen molar-refractivity contribution in [1.29, 1.82) is 0 Å². The second-order valence-electron chi connectivity index (χ2n) is 7.81. The smallest absolute Gasteiger partial charge is 0.264 e. The van der Waals surface area contributed by atoms with Crippen molar-refractivity contribution in [1.82, 2.24) is 10.2 Å². The fourth-order valence-corrected chi connectivity index (χ4v) is 4.99. The molecule has 0 aliphatic carbocycles. The quantitative estimate of drug-likeness (QED) is 0.600. The van der Waals surface area contributed by atoms with Gasteiger partial charge in [0.15, 0.2) is 0 Å². The topological polar surface area (TPSA) is 79.0 Å². The number of likely N-dealkylation sites (tertiary alicyclic amines) is 1. The third-order valence-corrected chi connectivity index (χ3v) is 7.45. The molecular formula is C23H31N3O4S. The van der Waals surface area contributed by atoms with Crippen LogP contribution in [-0.2, 0) is 10.0 Å². The van der Waals surface area contributed by atoms with Gasteiger partial charge in [0, 0.05) is 19.2 Å². The zero-order chi connectivity index (χ0) is 22.4. The van der Waals surface area contributed by atoms with Gasteiger partial charge in [-0.05, 0) is 87.8 Å². The molecule has 0 unspecified atom stereocenters. The number of anilines is 1. The molecule has 0 saturated carbocycles. The van der Waals surface area contributed by atoms with E-state index in [-0.39, 0.29) is 10.8 Å². The molecule has 1 amide bonds. The second-order valence-corrected chi connectivity index (χ2v) is 9.78. The normalized spacial score (nSPS) is 14.4. The molecule has 0 radical (unpaired) electrons. The molecule has 0 aromatic heterocycles. The second kappa shape index (κ2) is 10.2. The van der Waals surface area contributed by atoms with Crippen LogP contribution in [0.1, 0.15) is 35.2 Å². The number of nitrogens with zero attached hydrogens (tertiary/aromatic N) is 2. The number of benzene rings is 2. The Bertz CT molecular complexity index is 1000. The van der Waals surface area contributed by atoms with E-state index in [1.807, 2.05) is 6.92 Å². The standard InChI is InChI=1S/C23H31N3O4S/c1-18-7-8-19(23(27)24-13-6-16-26-14-4-5-15-26)17-22(18)25(2)31(28,29)21-11-9-20(30-3)10-12-21/h7-12,17H,4-6,13-16H2,1-3H3,(H,24,27). The summed E-state index contributed by atoms with van der Waals surface area (Å²) < 4.78 is 32.5. The van der Waals surface area contributed by atoms with Gasteiger partial charge in [-0.15, -0.1) is 0 Å². The molecule has 7 nitrogen and oxygen atoms in total. The van der Waals surface area contributed by atoms with Crippen molar-refractivity contribution in [2.75, 3.05) is 44.6 Å². The monoisotopic (exact) mass is 445 g/mol. The molecular weight excluding hydrogens is 414 g/mol. The molecule has 1 aliphatic heterocycles. The zero-order valence-electron chi connectivity index (χ0n) is 18.4. The van der Waals surface area contributed by atoms with Crippen molar-refractivity contribution >= 4 is 21.6 Å². The largest absolute Gasteiger partial charge is 0.497 e. The number of aryl methyl sites for hydroxylation is 1. The van der Waals surface area contributed by atoms with Crippen molar-refractivity contribution in [3.8, 4) is 5.75 Å². The van der Waals surface area contributed by atoms with Gasteiger partial charge in [0.2, 0.25) is 0 Å². The van der Waals surface area contributed by atoms with Crippen LogP contribution >= 0.6 is 0 Å². The number of methoxy groups -OCH3 is 1. The Hall–Kier alpha value is -2.58. The molecule has 2 aromatic rings. The SMILES string of the molecule is COc1ccc(S(=O)(=O)N(C)c2cc(C(=O)NCCCN3CCCC3)ccc2C)cc1. The highest BCUT2D eigenvalue weighted by Crippen LogP contribution is 2.27. The van der Waals surface area contributed by atoms with Gasteiger partial charge in [0.1, 0.15) is 5.75 Å². The molecule has 1 heterocycles. The molecule has 0 atom stereocenters. The number of amides is 1. The lowest BCUT2D eigenvalue weighted by atomic mass is 10.1. The Morgan fingerprint density at radius 3 is 2.45 bits per heavy atom. The molecule has 2 aromatic carbocycles. The highest BCUT2D eigenvalue weighted by molar-refractivity contribution is 7.92. The number of carbonyl (C=O) groups excluding carboxylic acids is 1. The Labute approximate surface area is 185 Å². The number of hydrogen-bond donors (Lipinski definition) is 1. The molecule has 3 rings (SSSR count). The first-order valence-corrected chi connectivity index (χ1v) is 12.0. The third-order valence-electron chi connectivity index (χ3n) is 5.66. The maximum absolute atomic E-state index is 13.1. The minimum atomic E-state index is -3.77. The van der Waals surface area contributed by atoms with Crippen LogP contribution in [0.4, 0.5) is 5.69 Å². The van der Waals surface area contributed by atoms with Gasteiger partial charge in [-0.3, -0.25) is 9.10 Å². The molecule has 31 heavy (non-hydrogen) atoms. The van der Waals surface area contributed by atoms with Crippen LogP contribution in [0.3, 0.4) is 0 Å². The number of ether oxygens (including phenoxy) is 1. The van der Waals surface area contributed by atoms with Crippen LogP contribution in [-0.4, -0.2) is 59.6 Å². The summed E-state index contributed by atoms with van der Waals surface area (Å²) in [6.07, 6.45) is 3.41. The van der Waals surface area contributed by atoms with Gasteiger partial charge >= 0.3 is 0 Å². The molecule has 1 N–H and O–H groups in total. The van der Waals surface area contributed by atoms with E-state index in [4.69, 9.17) is 4.74 Å². The van der Waals surface area contributed by atoms with E-state index in [2.05, 4.69) is 10.2 Å². The van der Waals surface area contributed by atoms with Gasteiger partial charge in [-0.2, -0.15) is 0 Å². The first-order valence-electron chi connectivity index (χ1n) is 10.6. The van der Waals surface area contributed by atoms with Gasteiger partial charge in [0.05, 0.1) is 17.7 Å². The van der Waals surface area contributed by atoms with E-state index in [9.17, 15) is 13.2 Å². The molecule has 0 bridgehead atoms. The molecule has 1 aliphatic rings. The van der Waals surface area contributed by atoms with E-state index in [1.165, 1.54) is 43.4 Å². The van der Waals surface area contributed by atoms with Crippen molar-refractivity contribution in [2.24, 2.45) is 0 Å². The lowest BCUT2D eigenvalue weighted by Crippen LogP contribution is -2.30. The highest BCUT2D eigenvalue weighted by atomic mass is 32.2. The minimum absolute atomic E-state index is 0.159. The van der Waals surface area contributed by atoms with Gasteiger partial charge in [0.25, 0.3) is 15.9 Å². The summed E-state index contributed by atoms with van der Waals surface area (Å²) in [7, 11) is -0.742. The van der Waals surface area contributed by atoms with Crippen LogP contribution in [0.2, 0.25) is 0 Å². The zero-order valence-corrected chi connectivity index (χ0v) is 19.2. The maximum Gasteiger partial charge on any atom is 0.264 e. The van der Waals surface area contributed by atoms with Crippen LogP contribution in [0.15, 0.2) is 47.4 Å². The maximum atomic E-state index is 13.1. The van der Waals surface area contributed by atoms with Crippen molar-refractivity contribution in [3.05, 3.63) is 53.6 Å². The first kappa shape index (κ1) is 23.1. The van der Waals surface area contributed by atoms with Gasteiger partial charge < -0.3 is 15.0 Å². The summed E-state index contributed by atoms with van der Waals surface area (Å²) in [5, 5.41) is 2.94. The summed E-state index contributed by atoms with van der Waals surface area (Å²) in [5.74, 6) is 0.388. The molecule has 8 heteroatoms. The number of hydrogen-bond acceptors (Lipinski definition) is 5. The predicted octanol–water partition coefficient (Wildman–Crippen LogP) is 3.04. The van der Waals surface area contributed by atoms with E-state index < -0.39 is 10.0 Å². The molecule has 0 spiro atoms. The van der Waals surface area contributed by atoms with Crippen molar-refractivity contribution in [2.45, 2.75) is 31.1 Å².